The quantitative estimate of drug-likeness (QED) is 0.606. The molecule has 0 radical (unpaired) electrons. The number of nitrogens with two attached hydrogens (primary N) is 1. The third-order valence-electron chi connectivity index (χ3n) is 1.98. The van der Waals surface area contributed by atoms with Gasteiger partial charge in [0.15, 0.2) is 0 Å². The molecule has 0 saturated heterocycles. The van der Waals surface area contributed by atoms with Crippen LogP contribution in [0.5, 0.6) is 0 Å². The van der Waals surface area contributed by atoms with Gasteiger partial charge in [-0.05, 0) is 36.6 Å². The molecule has 0 aliphatic rings. The summed E-state index contributed by atoms with van der Waals surface area (Å²) in [6, 6.07) is 5.90. The number of nitrogen functional groups attached to an aromatic ring is 1. The van der Waals surface area contributed by atoms with Crippen LogP contribution in [-0.2, 0) is 10.0 Å². The molecule has 0 fully saturated rings. The Morgan fingerprint density at radius 2 is 1.89 bits per heavy atom. The van der Waals surface area contributed by atoms with Crippen molar-refractivity contribution in [1.29, 1.82) is 0 Å². The van der Waals surface area contributed by atoms with Gasteiger partial charge in [-0.3, -0.25) is 0 Å². The van der Waals surface area contributed by atoms with Gasteiger partial charge >= 0.3 is 29.6 Å². The van der Waals surface area contributed by atoms with Crippen LogP contribution in [0.2, 0.25) is 0 Å². The molecule has 2 N–H and O–H groups in total. The van der Waals surface area contributed by atoms with E-state index in [9.17, 15) is 8.42 Å². The Hall–Kier alpha value is -0.600. The second-order valence-electron chi connectivity index (χ2n) is 3.41. The summed E-state index contributed by atoms with van der Waals surface area (Å²) in [5.41, 5.74) is 6.75. The molecule has 0 spiro atoms. The van der Waals surface area contributed by atoms with Gasteiger partial charge in [-0.25, -0.2) is 8.42 Å². The topological polar surface area (TPSA) is 87.2 Å². The van der Waals surface area contributed by atoms with Crippen molar-refractivity contribution in [3.05, 3.63) is 40.1 Å². The maximum atomic E-state index is 11.9. The molecule has 1 heterocycles. The van der Waals surface area contributed by atoms with Gasteiger partial charge in [-0.15, -0.1) is 0 Å². The Morgan fingerprint density at radius 1 is 1.28 bits per heavy atom. The first-order valence-electron chi connectivity index (χ1n) is 4.73. The SMILES string of the molecule is Cc1csc([N-]S(=O)(=O)c2ccc(N)cc2)n1.[Na+]. The molecular formula is C10H10N3NaO2S2. The molecule has 0 aliphatic heterocycles. The molecule has 90 valence electrons. The maximum Gasteiger partial charge on any atom is 1.00 e. The van der Waals surface area contributed by atoms with Crippen molar-refractivity contribution in [1.82, 2.24) is 4.98 Å². The van der Waals surface area contributed by atoms with E-state index >= 15 is 0 Å². The Kier molecular flexibility index (Phi) is 5.18. The largest absolute Gasteiger partial charge is 1.00 e. The van der Waals surface area contributed by atoms with Crippen molar-refractivity contribution < 1.29 is 38.0 Å². The zero-order chi connectivity index (χ0) is 12.5. The van der Waals surface area contributed by atoms with E-state index in [1.54, 1.807) is 12.3 Å². The predicted molar refractivity (Wildman–Crippen MR) is 67.9 cm³/mol. The fraction of sp³-hybridized carbons (Fsp3) is 0.100. The van der Waals surface area contributed by atoms with Crippen molar-refractivity contribution in [3.8, 4) is 0 Å². The molecule has 1 aromatic heterocycles. The first kappa shape index (κ1) is 15.5. The number of benzene rings is 1. The summed E-state index contributed by atoms with van der Waals surface area (Å²) in [7, 11) is -3.70. The van der Waals surface area contributed by atoms with Gasteiger partial charge in [0.2, 0.25) is 10.0 Å². The summed E-state index contributed by atoms with van der Waals surface area (Å²) in [5, 5.41) is 1.98. The molecule has 0 amide bonds. The average Bonchev–Trinajstić information content (AvgIpc) is 2.63. The number of anilines is 1. The zero-order valence-electron chi connectivity index (χ0n) is 9.99. The molecule has 0 unspecified atom stereocenters. The smallest absolute Gasteiger partial charge is 0.430 e. The Morgan fingerprint density at radius 3 is 2.39 bits per heavy atom. The molecule has 18 heavy (non-hydrogen) atoms. The normalized spacial score (nSPS) is 10.7. The van der Waals surface area contributed by atoms with E-state index in [4.69, 9.17) is 5.73 Å². The second-order valence-corrected chi connectivity index (χ2v) is 5.85. The van der Waals surface area contributed by atoms with Crippen LogP contribution in [0.1, 0.15) is 5.69 Å². The van der Waals surface area contributed by atoms with Crippen LogP contribution in [-0.4, -0.2) is 13.4 Å². The van der Waals surface area contributed by atoms with Gasteiger partial charge in [-0.1, -0.05) is 5.69 Å². The molecule has 1 aromatic carbocycles. The standard InChI is InChI=1S/C10H10N3O2S2.Na/c1-7-6-16-10(12-7)13-17(14,15)9-4-2-8(11)3-5-9;/h2-6H,11H2,1H3;/q-1;+1. The molecule has 5 nitrogen and oxygen atoms in total. The van der Waals surface area contributed by atoms with E-state index in [0.29, 0.717) is 5.69 Å². The average molecular weight is 291 g/mol. The van der Waals surface area contributed by atoms with Crippen molar-refractivity contribution in [2.75, 3.05) is 5.73 Å². The first-order chi connectivity index (χ1) is 7.97. The van der Waals surface area contributed by atoms with Crippen LogP contribution in [0.15, 0.2) is 34.5 Å². The number of nitrogens with zero attached hydrogens (tertiary/aromatic N) is 2. The number of hydrogen-bond acceptors (Lipinski definition) is 5. The molecule has 2 aromatic rings. The van der Waals surface area contributed by atoms with Gasteiger partial charge in [0.25, 0.3) is 0 Å². The van der Waals surface area contributed by atoms with Crippen LogP contribution < -0.4 is 35.3 Å². The van der Waals surface area contributed by atoms with Gasteiger partial charge in [0, 0.05) is 10.8 Å². The minimum Gasteiger partial charge on any atom is -0.430 e. The third kappa shape index (κ3) is 3.69. The monoisotopic (exact) mass is 291 g/mol. The summed E-state index contributed by atoms with van der Waals surface area (Å²) in [6.45, 7) is 1.78. The minimum absolute atomic E-state index is 0. The second kappa shape index (κ2) is 6.03. The van der Waals surface area contributed by atoms with Crippen molar-refractivity contribution >= 4 is 32.2 Å². The molecular weight excluding hydrogens is 281 g/mol. The summed E-state index contributed by atoms with van der Waals surface area (Å²) in [5.74, 6) is 0. The number of aromatic nitrogens is 1. The Balaban J connectivity index is 0.00000162. The van der Waals surface area contributed by atoms with Gasteiger partial charge in [0.05, 0.1) is 4.90 Å². The summed E-state index contributed by atoms with van der Waals surface area (Å²) >= 11 is 1.19. The number of rotatable bonds is 3. The van der Waals surface area contributed by atoms with E-state index in [-0.39, 0.29) is 39.6 Å². The first-order valence-corrected chi connectivity index (χ1v) is 7.05. The zero-order valence-corrected chi connectivity index (χ0v) is 13.6. The van der Waals surface area contributed by atoms with E-state index in [1.165, 1.54) is 35.6 Å². The Labute approximate surface area is 132 Å². The van der Waals surface area contributed by atoms with Crippen molar-refractivity contribution in [2.45, 2.75) is 11.8 Å². The van der Waals surface area contributed by atoms with Gasteiger partial charge < -0.3 is 15.4 Å². The summed E-state index contributed by atoms with van der Waals surface area (Å²) in [6.07, 6.45) is 0. The predicted octanol–water partition coefficient (Wildman–Crippen LogP) is -0.568. The van der Waals surface area contributed by atoms with Crippen LogP contribution in [0.4, 0.5) is 10.8 Å². The molecule has 0 aliphatic carbocycles. The van der Waals surface area contributed by atoms with Crippen molar-refractivity contribution in [3.63, 3.8) is 0 Å². The summed E-state index contributed by atoms with van der Waals surface area (Å²) < 4.78 is 27.4. The molecule has 0 saturated carbocycles. The number of hydrogen-bond donors (Lipinski definition) is 1. The van der Waals surface area contributed by atoms with Gasteiger partial charge in [-0.2, -0.15) is 11.3 Å². The van der Waals surface area contributed by atoms with E-state index in [0.717, 1.165) is 5.69 Å². The molecule has 8 heteroatoms. The maximum absolute atomic E-state index is 11.9. The van der Waals surface area contributed by atoms with E-state index in [2.05, 4.69) is 9.71 Å². The van der Waals surface area contributed by atoms with Crippen LogP contribution in [0.25, 0.3) is 4.72 Å². The minimum atomic E-state index is -3.70. The van der Waals surface area contributed by atoms with Crippen LogP contribution in [0.3, 0.4) is 0 Å². The molecule has 0 bridgehead atoms. The van der Waals surface area contributed by atoms with Crippen molar-refractivity contribution in [2.24, 2.45) is 0 Å². The van der Waals surface area contributed by atoms with Gasteiger partial charge in [0.1, 0.15) is 0 Å². The molecule has 0 atom stereocenters. The van der Waals surface area contributed by atoms with E-state index in [1.807, 2.05) is 0 Å². The number of thiazole rings is 1. The molecule has 2 rings (SSSR count). The summed E-state index contributed by atoms with van der Waals surface area (Å²) in [4.78, 5) is 4.10. The number of aryl methyl sites for hydroxylation is 1. The fourth-order valence-electron chi connectivity index (χ4n) is 1.18. The third-order valence-corrected chi connectivity index (χ3v) is 4.23. The Bertz CT molecular complexity index is 623. The van der Waals surface area contributed by atoms with E-state index < -0.39 is 10.0 Å². The van der Waals surface area contributed by atoms with Crippen LogP contribution in [0, 0.1) is 6.92 Å². The van der Waals surface area contributed by atoms with Crippen LogP contribution >= 0.6 is 11.3 Å². The number of sulfonamides is 1. The fourth-order valence-corrected chi connectivity index (χ4v) is 3.00.